The molecule has 6 amide bonds. The number of nitrogens with zero attached hydrogens (tertiary/aromatic N) is 2. The Morgan fingerprint density at radius 2 is 1.79 bits per heavy atom. The van der Waals surface area contributed by atoms with Crippen LogP contribution in [0.4, 0.5) is 4.79 Å². The summed E-state index contributed by atoms with van der Waals surface area (Å²) in [5.74, 6) is -2.91. The molecule has 1 saturated carbocycles. The average Bonchev–Trinajstić information content (AvgIpc) is 3.11. The van der Waals surface area contributed by atoms with E-state index in [4.69, 9.17) is 0 Å². The molecule has 0 bridgehead atoms. The van der Waals surface area contributed by atoms with Gasteiger partial charge in [0.15, 0.2) is 0 Å². The largest absolute Gasteiger partial charge is 0.355 e. The van der Waals surface area contributed by atoms with E-state index in [1.54, 1.807) is 6.92 Å². The molecule has 1 heterocycles. The minimum Gasteiger partial charge on any atom is -0.355 e. The molecule has 9 heteroatoms. The van der Waals surface area contributed by atoms with Gasteiger partial charge in [0.25, 0.3) is 0 Å². The van der Waals surface area contributed by atoms with Gasteiger partial charge in [-0.2, -0.15) is 0 Å². The molecule has 1 saturated heterocycles. The summed E-state index contributed by atoms with van der Waals surface area (Å²) in [7, 11) is 0. The van der Waals surface area contributed by atoms with Crippen molar-refractivity contribution in [1.82, 2.24) is 20.4 Å². The SMILES string of the molecule is CCNC(=O)[C@@H](C)NC(=O)CN1C(=O)C(=O)N(C2CCCC2)C1=O. The molecular formula is C15H22N4O5. The van der Waals surface area contributed by atoms with Crippen molar-refractivity contribution in [3.63, 3.8) is 0 Å². The van der Waals surface area contributed by atoms with Crippen molar-refractivity contribution in [2.24, 2.45) is 0 Å². The van der Waals surface area contributed by atoms with Crippen LogP contribution < -0.4 is 10.6 Å². The highest BCUT2D eigenvalue weighted by molar-refractivity contribution is 6.45. The van der Waals surface area contributed by atoms with Crippen molar-refractivity contribution in [2.45, 2.75) is 51.6 Å². The maximum Gasteiger partial charge on any atom is 0.334 e. The number of imide groups is 2. The highest BCUT2D eigenvalue weighted by Gasteiger charge is 2.48. The van der Waals surface area contributed by atoms with Gasteiger partial charge in [-0.1, -0.05) is 12.8 Å². The second-order valence-electron chi connectivity index (χ2n) is 5.97. The smallest absolute Gasteiger partial charge is 0.334 e. The van der Waals surface area contributed by atoms with Gasteiger partial charge in [-0.05, 0) is 26.7 Å². The van der Waals surface area contributed by atoms with Gasteiger partial charge < -0.3 is 10.6 Å². The van der Waals surface area contributed by atoms with Gasteiger partial charge in [-0.15, -0.1) is 0 Å². The number of amides is 6. The molecule has 0 spiro atoms. The molecule has 2 fully saturated rings. The second-order valence-corrected chi connectivity index (χ2v) is 5.97. The lowest BCUT2D eigenvalue weighted by Gasteiger charge is -2.21. The zero-order valence-corrected chi connectivity index (χ0v) is 13.8. The minimum absolute atomic E-state index is 0.267. The molecule has 0 aromatic heterocycles. The van der Waals surface area contributed by atoms with Crippen molar-refractivity contribution < 1.29 is 24.0 Å². The zero-order valence-electron chi connectivity index (χ0n) is 13.8. The molecule has 2 aliphatic rings. The van der Waals surface area contributed by atoms with Crippen molar-refractivity contribution in [2.75, 3.05) is 13.1 Å². The Morgan fingerprint density at radius 3 is 2.38 bits per heavy atom. The van der Waals surface area contributed by atoms with E-state index in [0.29, 0.717) is 24.3 Å². The van der Waals surface area contributed by atoms with Gasteiger partial charge in [0.1, 0.15) is 12.6 Å². The summed E-state index contributed by atoms with van der Waals surface area (Å²) in [4.78, 5) is 61.5. The van der Waals surface area contributed by atoms with Crippen molar-refractivity contribution >= 4 is 29.7 Å². The van der Waals surface area contributed by atoms with Crippen molar-refractivity contribution in [1.29, 1.82) is 0 Å². The topological polar surface area (TPSA) is 116 Å². The molecule has 1 atom stereocenters. The predicted molar refractivity (Wildman–Crippen MR) is 82.5 cm³/mol. The number of hydrogen-bond acceptors (Lipinski definition) is 5. The summed E-state index contributed by atoms with van der Waals surface area (Å²) >= 11 is 0. The Morgan fingerprint density at radius 1 is 1.17 bits per heavy atom. The quantitative estimate of drug-likeness (QED) is 0.494. The Balaban J connectivity index is 1.97. The van der Waals surface area contributed by atoms with Crippen molar-refractivity contribution in [3.8, 4) is 0 Å². The number of nitrogens with one attached hydrogen (secondary N) is 2. The maximum atomic E-state index is 12.3. The van der Waals surface area contributed by atoms with E-state index in [1.165, 1.54) is 6.92 Å². The summed E-state index contributed by atoms with van der Waals surface area (Å²) < 4.78 is 0. The monoisotopic (exact) mass is 338 g/mol. The molecule has 0 aromatic carbocycles. The third-order valence-corrected chi connectivity index (χ3v) is 4.20. The number of urea groups is 1. The first kappa shape index (κ1) is 17.9. The average molecular weight is 338 g/mol. The van der Waals surface area contributed by atoms with Gasteiger partial charge in [0.2, 0.25) is 11.8 Å². The first-order chi connectivity index (χ1) is 11.4. The number of rotatable bonds is 6. The van der Waals surface area contributed by atoms with Crippen LogP contribution in [0.1, 0.15) is 39.5 Å². The first-order valence-electron chi connectivity index (χ1n) is 8.12. The molecule has 132 valence electrons. The number of carbonyl (C=O) groups is 5. The van der Waals surface area contributed by atoms with E-state index in [2.05, 4.69) is 10.6 Å². The fourth-order valence-electron chi connectivity index (χ4n) is 2.97. The molecule has 1 aliphatic carbocycles. The predicted octanol–water partition coefficient (Wildman–Crippen LogP) is -0.639. The standard InChI is InChI=1S/C15H22N4O5/c1-3-16-12(21)9(2)17-11(20)8-18-13(22)14(23)19(15(18)24)10-6-4-5-7-10/h9-10H,3-8H2,1-2H3,(H,16,21)(H,17,20)/t9-/m1/s1. The van der Waals surface area contributed by atoms with E-state index in [1.807, 2.05) is 0 Å². The van der Waals surface area contributed by atoms with Crippen LogP contribution in [0, 0.1) is 0 Å². The summed E-state index contributed by atoms with van der Waals surface area (Å²) in [6.07, 6.45) is 3.17. The van der Waals surface area contributed by atoms with Crippen LogP contribution in [0.3, 0.4) is 0 Å². The van der Waals surface area contributed by atoms with Crippen LogP contribution in [0.15, 0.2) is 0 Å². The number of carbonyl (C=O) groups excluding carboxylic acids is 5. The highest BCUT2D eigenvalue weighted by Crippen LogP contribution is 2.27. The summed E-state index contributed by atoms with van der Waals surface area (Å²) in [6.45, 7) is 3.09. The van der Waals surface area contributed by atoms with E-state index < -0.39 is 36.3 Å². The van der Waals surface area contributed by atoms with Gasteiger partial charge in [0.05, 0.1) is 0 Å². The highest BCUT2D eigenvalue weighted by atomic mass is 16.2. The molecule has 9 nitrogen and oxygen atoms in total. The Bertz CT molecular complexity index is 570. The van der Waals surface area contributed by atoms with Crippen LogP contribution in [0.2, 0.25) is 0 Å². The van der Waals surface area contributed by atoms with Crippen LogP contribution in [0.5, 0.6) is 0 Å². The zero-order chi connectivity index (χ0) is 17.9. The van der Waals surface area contributed by atoms with Gasteiger partial charge in [-0.3, -0.25) is 24.1 Å². The van der Waals surface area contributed by atoms with Crippen LogP contribution >= 0.6 is 0 Å². The van der Waals surface area contributed by atoms with E-state index in [-0.39, 0.29) is 11.9 Å². The number of likely N-dealkylation sites (N-methyl/N-ethyl adjacent to an activating group) is 1. The lowest BCUT2D eigenvalue weighted by atomic mass is 10.2. The molecule has 2 rings (SSSR count). The maximum absolute atomic E-state index is 12.3. The Kier molecular flexibility index (Phi) is 5.53. The lowest BCUT2D eigenvalue weighted by molar-refractivity contribution is -0.144. The minimum atomic E-state index is -0.993. The fourth-order valence-corrected chi connectivity index (χ4v) is 2.97. The fraction of sp³-hybridized carbons (Fsp3) is 0.667. The molecular weight excluding hydrogens is 316 g/mol. The normalized spacial score (nSPS) is 19.8. The summed E-state index contributed by atoms with van der Waals surface area (Å²) in [5.41, 5.74) is 0. The van der Waals surface area contributed by atoms with Gasteiger partial charge in [0, 0.05) is 12.6 Å². The Labute approximate surface area is 139 Å². The summed E-state index contributed by atoms with van der Waals surface area (Å²) in [6, 6.07) is -1.82. The molecule has 0 radical (unpaired) electrons. The van der Waals surface area contributed by atoms with E-state index in [0.717, 1.165) is 17.7 Å². The molecule has 24 heavy (non-hydrogen) atoms. The lowest BCUT2D eigenvalue weighted by Crippen LogP contribution is -2.49. The molecule has 2 N–H and O–H groups in total. The molecule has 0 aromatic rings. The first-order valence-corrected chi connectivity index (χ1v) is 8.12. The van der Waals surface area contributed by atoms with Crippen LogP contribution in [0.25, 0.3) is 0 Å². The second kappa shape index (κ2) is 7.41. The van der Waals surface area contributed by atoms with Gasteiger partial charge >= 0.3 is 17.8 Å². The van der Waals surface area contributed by atoms with Crippen LogP contribution in [-0.2, 0) is 19.2 Å². The van der Waals surface area contributed by atoms with Gasteiger partial charge in [-0.25, -0.2) is 9.69 Å². The molecule has 0 unspecified atom stereocenters. The third kappa shape index (κ3) is 3.55. The molecule has 1 aliphatic heterocycles. The van der Waals surface area contributed by atoms with Crippen molar-refractivity contribution in [3.05, 3.63) is 0 Å². The van der Waals surface area contributed by atoms with Crippen LogP contribution in [-0.4, -0.2) is 64.6 Å². The summed E-state index contributed by atoms with van der Waals surface area (Å²) in [5, 5.41) is 4.95. The van der Waals surface area contributed by atoms with E-state index in [9.17, 15) is 24.0 Å². The number of hydrogen-bond donors (Lipinski definition) is 2. The Hall–Kier alpha value is -2.45. The third-order valence-electron chi connectivity index (χ3n) is 4.20. The van der Waals surface area contributed by atoms with E-state index >= 15 is 0 Å².